The van der Waals surface area contributed by atoms with Crippen LogP contribution < -0.4 is 9.47 Å². The van der Waals surface area contributed by atoms with Gasteiger partial charge in [0.2, 0.25) is 0 Å². The van der Waals surface area contributed by atoms with Gasteiger partial charge in [-0.25, -0.2) is 0 Å². The molecule has 0 amide bonds. The van der Waals surface area contributed by atoms with Crippen molar-refractivity contribution < 1.29 is 19.4 Å². The highest BCUT2D eigenvalue weighted by atomic mass is 16.6. The van der Waals surface area contributed by atoms with Crippen molar-refractivity contribution in [1.82, 2.24) is 0 Å². The fraction of sp³-hybridized carbons (Fsp3) is 0.278. The first-order chi connectivity index (χ1) is 11.3. The van der Waals surface area contributed by atoms with E-state index in [1.54, 1.807) is 0 Å². The number of fused-ring (bicyclic) bond motifs is 1. The van der Waals surface area contributed by atoms with Crippen LogP contribution in [0.1, 0.15) is 16.7 Å². The van der Waals surface area contributed by atoms with E-state index in [1.165, 1.54) is 12.7 Å². The summed E-state index contributed by atoms with van der Waals surface area (Å²) in [5.74, 6) is 1.65. The fourth-order valence-electron chi connectivity index (χ4n) is 2.48. The molecule has 2 aromatic carbocycles. The van der Waals surface area contributed by atoms with Gasteiger partial charge in [0.05, 0.1) is 13.2 Å². The predicted octanol–water partition coefficient (Wildman–Crippen LogP) is 2.54. The Morgan fingerprint density at radius 1 is 1.22 bits per heavy atom. The molecule has 0 fully saturated rings. The summed E-state index contributed by atoms with van der Waals surface area (Å²) in [6, 6.07) is 13.3. The third-order valence-electron chi connectivity index (χ3n) is 3.71. The van der Waals surface area contributed by atoms with Crippen molar-refractivity contribution in [2.24, 2.45) is 5.16 Å². The molecule has 0 radical (unpaired) electrons. The van der Waals surface area contributed by atoms with Crippen LogP contribution in [0.3, 0.4) is 0 Å². The average molecular weight is 313 g/mol. The van der Waals surface area contributed by atoms with Crippen LogP contribution in [0.25, 0.3) is 0 Å². The minimum absolute atomic E-state index is 0.0217. The highest BCUT2D eigenvalue weighted by Gasteiger charge is 2.15. The summed E-state index contributed by atoms with van der Waals surface area (Å²) in [5, 5.41) is 13.1. The molecule has 0 unspecified atom stereocenters. The first kappa shape index (κ1) is 15.4. The minimum atomic E-state index is 0.0217. The van der Waals surface area contributed by atoms with Crippen molar-refractivity contribution in [2.75, 3.05) is 20.3 Å². The van der Waals surface area contributed by atoms with E-state index < -0.39 is 0 Å². The second-order valence-corrected chi connectivity index (χ2v) is 5.23. The Labute approximate surface area is 135 Å². The van der Waals surface area contributed by atoms with E-state index >= 15 is 0 Å². The minimum Gasteiger partial charge on any atom is -0.493 e. The predicted molar refractivity (Wildman–Crippen MR) is 87.0 cm³/mol. The summed E-state index contributed by atoms with van der Waals surface area (Å²) in [7, 11) is 1.52. The largest absolute Gasteiger partial charge is 0.493 e. The monoisotopic (exact) mass is 313 g/mol. The Morgan fingerprint density at radius 3 is 2.78 bits per heavy atom. The van der Waals surface area contributed by atoms with Crippen molar-refractivity contribution >= 4 is 5.71 Å². The van der Waals surface area contributed by atoms with Crippen LogP contribution in [-0.2, 0) is 17.9 Å². The second kappa shape index (κ2) is 7.15. The number of hydrogen-bond acceptors (Lipinski definition) is 5. The zero-order chi connectivity index (χ0) is 16.1. The Kier molecular flexibility index (Phi) is 4.78. The first-order valence-corrected chi connectivity index (χ1v) is 7.49. The van der Waals surface area contributed by atoms with E-state index in [2.05, 4.69) is 11.2 Å². The molecule has 3 rings (SSSR count). The lowest BCUT2D eigenvalue weighted by Gasteiger charge is -2.10. The van der Waals surface area contributed by atoms with Gasteiger partial charge in [-0.2, -0.15) is 0 Å². The zero-order valence-electron chi connectivity index (χ0n) is 13.0. The Hall–Kier alpha value is -2.53. The van der Waals surface area contributed by atoms with E-state index in [-0.39, 0.29) is 6.61 Å². The van der Waals surface area contributed by atoms with E-state index in [0.29, 0.717) is 12.3 Å². The summed E-state index contributed by atoms with van der Waals surface area (Å²) in [6.07, 6.45) is 0.910. The lowest BCUT2D eigenvalue weighted by Crippen LogP contribution is -2.13. The number of rotatable bonds is 6. The molecule has 5 nitrogen and oxygen atoms in total. The number of aliphatic hydroxyl groups excluding tert-OH is 1. The van der Waals surface area contributed by atoms with Gasteiger partial charge in [0.15, 0.2) is 0 Å². The van der Waals surface area contributed by atoms with E-state index in [4.69, 9.17) is 19.4 Å². The number of hydrogen-bond donors (Lipinski definition) is 1. The summed E-state index contributed by atoms with van der Waals surface area (Å²) in [5.41, 5.74) is 3.71. The first-order valence-electron chi connectivity index (χ1n) is 7.49. The molecular weight excluding hydrogens is 294 g/mol. The second-order valence-electron chi connectivity index (χ2n) is 5.23. The molecular formula is C18H19NO4. The molecule has 2 aromatic rings. The molecule has 1 aliphatic heterocycles. The molecule has 0 spiro atoms. The summed E-state index contributed by atoms with van der Waals surface area (Å²) in [6.45, 7) is 1.04. The Morgan fingerprint density at radius 2 is 2.04 bits per heavy atom. The van der Waals surface area contributed by atoms with Crippen molar-refractivity contribution in [1.29, 1.82) is 0 Å². The van der Waals surface area contributed by atoms with Gasteiger partial charge in [0, 0.05) is 12.0 Å². The normalized spacial score (nSPS) is 13.4. The molecule has 0 atom stereocenters. The van der Waals surface area contributed by atoms with Gasteiger partial charge in [-0.1, -0.05) is 17.3 Å². The van der Waals surface area contributed by atoms with Crippen LogP contribution in [0, 0.1) is 0 Å². The number of benzene rings is 2. The summed E-state index contributed by atoms with van der Waals surface area (Å²) < 4.78 is 11.3. The number of aliphatic hydroxyl groups is 1. The van der Waals surface area contributed by atoms with Crippen LogP contribution in [-0.4, -0.2) is 31.1 Å². The van der Waals surface area contributed by atoms with Gasteiger partial charge >= 0.3 is 0 Å². The number of ether oxygens (including phenoxy) is 2. The van der Waals surface area contributed by atoms with Gasteiger partial charge in [-0.3, -0.25) is 0 Å². The SMILES string of the molecule is CO/N=C(/COc1ccc(CO)cc1)c1ccc2c(c1)CCO2. The van der Waals surface area contributed by atoms with E-state index in [0.717, 1.165) is 35.7 Å². The summed E-state index contributed by atoms with van der Waals surface area (Å²) in [4.78, 5) is 4.95. The van der Waals surface area contributed by atoms with Crippen LogP contribution in [0.15, 0.2) is 47.6 Å². The van der Waals surface area contributed by atoms with Crippen molar-refractivity contribution in [3.8, 4) is 11.5 Å². The standard InChI is InChI=1S/C18H19NO4/c1-21-19-17(12-23-16-5-2-13(11-20)3-6-16)14-4-7-18-15(10-14)8-9-22-18/h2-7,10,20H,8-9,11-12H2,1H3/b19-17-. The lowest BCUT2D eigenvalue weighted by atomic mass is 10.1. The van der Waals surface area contributed by atoms with Gasteiger partial charge in [0.25, 0.3) is 0 Å². The van der Waals surface area contributed by atoms with E-state index in [9.17, 15) is 0 Å². The molecule has 1 heterocycles. The van der Waals surface area contributed by atoms with Crippen molar-refractivity contribution in [2.45, 2.75) is 13.0 Å². The maximum absolute atomic E-state index is 9.06. The molecule has 0 saturated carbocycles. The quantitative estimate of drug-likeness (QED) is 0.658. The molecule has 1 aliphatic rings. The van der Waals surface area contributed by atoms with Gasteiger partial charge in [0.1, 0.15) is 30.9 Å². The molecule has 0 saturated heterocycles. The van der Waals surface area contributed by atoms with Gasteiger partial charge < -0.3 is 19.4 Å². The molecule has 5 heteroatoms. The number of nitrogens with zero attached hydrogens (tertiary/aromatic N) is 1. The Balaban J connectivity index is 1.72. The molecule has 0 aliphatic carbocycles. The molecule has 0 bridgehead atoms. The smallest absolute Gasteiger partial charge is 0.134 e. The summed E-state index contributed by atoms with van der Waals surface area (Å²) >= 11 is 0. The maximum Gasteiger partial charge on any atom is 0.134 e. The average Bonchev–Trinajstić information content (AvgIpc) is 3.06. The molecule has 120 valence electrons. The van der Waals surface area contributed by atoms with Crippen LogP contribution >= 0.6 is 0 Å². The van der Waals surface area contributed by atoms with Crippen molar-refractivity contribution in [3.63, 3.8) is 0 Å². The zero-order valence-corrected chi connectivity index (χ0v) is 13.0. The van der Waals surface area contributed by atoms with Crippen molar-refractivity contribution in [3.05, 3.63) is 59.2 Å². The molecule has 0 aromatic heterocycles. The van der Waals surface area contributed by atoms with E-state index in [1.807, 2.05) is 36.4 Å². The highest BCUT2D eigenvalue weighted by Crippen LogP contribution is 2.26. The van der Waals surface area contributed by atoms with Crippen LogP contribution in [0.4, 0.5) is 0 Å². The lowest BCUT2D eigenvalue weighted by molar-refractivity contribution is 0.210. The highest BCUT2D eigenvalue weighted by molar-refractivity contribution is 6.01. The third kappa shape index (κ3) is 3.63. The maximum atomic E-state index is 9.06. The molecule has 23 heavy (non-hydrogen) atoms. The fourth-order valence-corrected chi connectivity index (χ4v) is 2.48. The van der Waals surface area contributed by atoms with Crippen LogP contribution in [0.5, 0.6) is 11.5 Å². The Bertz CT molecular complexity index is 695. The van der Waals surface area contributed by atoms with Gasteiger partial charge in [-0.15, -0.1) is 0 Å². The topological polar surface area (TPSA) is 60.3 Å². The molecule has 1 N–H and O–H groups in total. The van der Waals surface area contributed by atoms with Crippen LogP contribution in [0.2, 0.25) is 0 Å². The van der Waals surface area contributed by atoms with Gasteiger partial charge in [-0.05, 0) is 41.5 Å². The number of oxime groups is 1. The third-order valence-corrected chi connectivity index (χ3v) is 3.71.